The third kappa shape index (κ3) is 5.67. The Labute approximate surface area is 50.4 Å². The molecule has 0 aliphatic carbocycles. The van der Waals surface area contributed by atoms with Gasteiger partial charge in [-0.15, -0.1) is 0 Å². The van der Waals surface area contributed by atoms with E-state index in [-0.39, 0.29) is 5.83 Å². The van der Waals surface area contributed by atoms with Crippen molar-refractivity contribution in [3.63, 3.8) is 0 Å². The predicted octanol–water partition coefficient (Wildman–Crippen LogP) is 2.91. The second-order valence-corrected chi connectivity index (χ2v) is 2.45. The number of hydrogen-bond acceptors (Lipinski definition) is 0. The Balaban J connectivity index is 3.05. The molecule has 8 heavy (non-hydrogen) atoms. The van der Waals surface area contributed by atoms with Crippen molar-refractivity contribution in [2.45, 2.75) is 26.7 Å². The fourth-order valence-corrected chi connectivity index (χ4v) is 0.445. The summed E-state index contributed by atoms with van der Waals surface area (Å²) in [6.45, 7) is 7.31. The molecule has 0 aromatic carbocycles. The fourth-order valence-electron chi connectivity index (χ4n) is 0.445. The van der Waals surface area contributed by atoms with Crippen molar-refractivity contribution in [2.75, 3.05) is 0 Å². The van der Waals surface area contributed by atoms with Crippen LogP contribution in [0.5, 0.6) is 0 Å². The summed E-state index contributed by atoms with van der Waals surface area (Å²) in [4.78, 5) is 0. The SMILES string of the molecule is C=C(F)CCC(C)C. The molecule has 0 bridgehead atoms. The van der Waals surface area contributed by atoms with Crippen LogP contribution in [0, 0.1) is 5.92 Å². The quantitative estimate of drug-likeness (QED) is 0.531. The predicted molar refractivity (Wildman–Crippen MR) is 34.3 cm³/mol. The molecule has 0 nitrogen and oxygen atoms in total. The summed E-state index contributed by atoms with van der Waals surface area (Å²) >= 11 is 0. The lowest BCUT2D eigenvalue weighted by molar-refractivity contribution is 0.515. The lowest BCUT2D eigenvalue weighted by Crippen LogP contribution is -1.85. The third-order valence-corrected chi connectivity index (χ3v) is 0.993. The van der Waals surface area contributed by atoms with Gasteiger partial charge >= 0.3 is 0 Å². The first-order chi connectivity index (χ1) is 3.63. The van der Waals surface area contributed by atoms with Crippen LogP contribution in [-0.2, 0) is 0 Å². The zero-order chi connectivity index (χ0) is 6.57. The molecule has 0 spiro atoms. The molecule has 0 heterocycles. The Bertz CT molecular complexity index is 74.5. The van der Waals surface area contributed by atoms with Crippen LogP contribution >= 0.6 is 0 Å². The molecule has 0 radical (unpaired) electrons. The van der Waals surface area contributed by atoms with E-state index in [1.807, 2.05) is 0 Å². The largest absolute Gasteiger partial charge is 0.212 e. The van der Waals surface area contributed by atoms with Crippen LogP contribution in [-0.4, -0.2) is 0 Å². The molecule has 1 heteroatoms. The van der Waals surface area contributed by atoms with Crippen LogP contribution < -0.4 is 0 Å². The highest BCUT2D eigenvalue weighted by Crippen LogP contribution is 2.09. The Morgan fingerprint density at radius 3 is 2.25 bits per heavy atom. The normalized spacial score (nSPS) is 10.0. The smallest absolute Gasteiger partial charge is 0.0928 e. The van der Waals surface area contributed by atoms with Crippen molar-refractivity contribution in [1.82, 2.24) is 0 Å². The van der Waals surface area contributed by atoms with Crippen molar-refractivity contribution in [2.24, 2.45) is 5.92 Å². The lowest BCUT2D eigenvalue weighted by Gasteiger charge is -1.99. The standard InChI is InChI=1S/C7H13F/c1-6(2)4-5-7(3)8/h6H,3-5H2,1-2H3. The van der Waals surface area contributed by atoms with Gasteiger partial charge in [0.1, 0.15) is 0 Å². The Kier molecular flexibility index (Phi) is 3.49. The van der Waals surface area contributed by atoms with Gasteiger partial charge in [0.25, 0.3) is 0 Å². The first-order valence-electron chi connectivity index (χ1n) is 2.96. The molecule has 0 saturated heterocycles. The van der Waals surface area contributed by atoms with Crippen LogP contribution in [0.3, 0.4) is 0 Å². The molecule has 0 aliphatic heterocycles. The minimum atomic E-state index is -0.196. The number of allylic oxidation sites excluding steroid dienone is 1. The van der Waals surface area contributed by atoms with Gasteiger partial charge in [-0.2, -0.15) is 0 Å². The first kappa shape index (κ1) is 7.67. The average Bonchev–Trinajstić information content (AvgIpc) is 1.61. The zero-order valence-corrected chi connectivity index (χ0v) is 5.58. The molecule has 0 saturated carbocycles. The lowest BCUT2D eigenvalue weighted by atomic mass is 10.1. The highest BCUT2D eigenvalue weighted by molar-refractivity contribution is 4.79. The summed E-state index contributed by atoms with van der Waals surface area (Å²) in [5.74, 6) is 0.390. The van der Waals surface area contributed by atoms with Crippen molar-refractivity contribution < 1.29 is 4.39 Å². The molecule has 0 rings (SSSR count). The highest BCUT2D eigenvalue weighted by atomic mass is 19.1. The summed E-state index contributed by atoms with van der Waals surface area (Å²) < 4.78 is 11.9. The molecular formula is C7H13F. The van der Waals surface area contributed by atoms with Gasteiger partial charge in [-0.1, -0.05) is 20.4 Å². The van der Waals surface area contributed by atoms with E-state index in [4.69, 9.17) is 0 Å². The van der Waals surface area contributed by atoms with Gasteiger partial charge in [-0.25, -0.2) is 4.39 Å². The molecule has 0 unspecified atom stereocenters. The summed E-state index contributed by atoms with van der Waals surface area (Å²) in [6.07, 6.45) is 1.44. The molecule has 0 aliphatic rings. The second kappa shape index (κ2) is 3.65. The zero-order valence-electron chi connectivity index (χ0n) is 5.58. The second-order valence-electron chi connectivity index (χ2n) is 2.45. The molecule has 0 fully saturated rings. The molecule has 0 atom stereocenters. The third-order valence-electron chi connectivity index (χ3n) is 0.993. The Morgan fingerprint density at radius 2 is 2.12 bits per heavy atom. The van der Waals surface area contributed by atoms with Crippen molar-refractivity contribution in [1.29, 1.82) is 0 Å². The molecule has 0 N–H and O–H groups in total. The maximum absolute atomic E-state index is 11.9. The minimum Gasteiger partial charge on any atom is -0.212 e. The maximum atomic E-state index is 11.9. The van der Waals surface area contributed by atoms with Gasteiger partial charge in [0.05, 0.1) is 5.83 Å². The van der Waals surface area contributed by atoms with E-state index in [2.05, 4.69) is 20.4 Å². The van der Waals surface area contributed by atoms with Gasteiger partial charge in [-0.05, 0) is 18.8 Å². The number of hydrogen-bond donors (Lipinski definition) is 0. The summed E-state index contributed by atoms with van der Waals surface area (Å²) in [5, 5.41) is 0. The van der Waals surface area contributed by atoms with E-state index < -0.39 is 0 Å². The molecule has 0 aromatic rings. The van der Waals surface area contributed by atoms with Crippen LogP contribution in [0.25, 0.3) is 0 Å². The van der Waals surface area contributed by atoms with Crippen molar-refractivity contribution in [3.8, 4) is 0 Å². The number of rotatable bonds is 3. The van der Waals surface area contributed by atoms with Crippen molar-refractivity contribution >= 4 is 0 Å². The maximum Gasteiger partial charge on any atom is 0.0928 e. The topological polar surface area (TPSA) is 0 Å². The van der Waals surface area contributed by atoms with Gasteiger partial charge in [-0.3, -0.25) is 0 Å². The fraction of sp³-hybridized carbons (Fsp3) is 0.714. The summed E-state index contributed by atoms with van der Waals surface area (Å²) in [7, 11) is 0. The Morgan fingerprint density at radius 1 is 1.62 bits per heavy atom. The van der Waals surface area contributed by atoms with Crippen molar-refractivity contribution in [3.05, 3.63) is 12.4 Å². The van der Waals surface area contributed by atoms with Crippen LogP contribution in [0.2, 0.25) is 0 Å². The molecule has 0 amide bonds. The van der Waals surface area contributed by atoms with Gasteiger partial charge in [0.2, 0.25) is 0 Å². The van der Waals surface area contributed by atoms with E-state index in [9.17, 15) is 4.39 Å². The van der Waals surface area contributed by atoms with E-state index in [1.165, 1.54) is 0 Å². The van der Waals surface area contributed by atoms with Crippen LogP contribution in [0.1, 0.15) is 26.7 Å². The van der Waals surface area contributed by atoms with E-state index >= 15 is 0 Å². The molecule has 0 aromatic heterocycles. The van der Waals surface area contributed by atoms with Crippen LogP contribution in [0.15, 0.2) is 12.4 Å². The van der Waals surface area contributed by atoms with E-state index in [0.717, 1.165) is 6.42 Å². The monoisotopic (exact) mass is 116 g/mol. The van der Waals surface area contributed by atoms with E-state index in [1.54, 1.807) is 0 Å². The molecular weight excluding hydrogens is 103 g/mol. The highest BCUT2D eigenvalue weighted by Gasteiger charge is 1.94. The summed E-state index contributed by atoms with van der Waals surface area (Å²) in [5.41, 5.74) is 0. The van der Waals surface area contributed by atoms with Gasteiger partial charge < -0.3 is 0 Å². The van der Waals surface area contributed by atoms with Gasteiger partial charge in [0.15, 0.2) is 0 Å². The molecule has 48 valence electrons. The first-order valence-corrected chi connectivity index (χ1v) is 2.96. The summed E-state index contributed by atoms with van der Waals surface area (Å²) in [6, 6.07) is 0. The van der Waals surface area contributed by atoms with E-state index in [0.29, 0.717) is 12.3 Å². The Hall–Kier alpha value is -0.330. The number of halogens is 1. The average molecular weight is 116 g/mol. The van der Waals surface area contributed by atoms with Gasteiger partial charge in [0, 0.05) is 0 Å². The minimum absolute atomic E-state index is 0.196. The van der Waals surface area contributed by atoms with Crippen LogP contribution in [0.4, 0.5) is 4.39 Å².